The van der Waals surface area contributed by atoms with Gasteiger partial charge in [0.1, 0.15) is 0 Å². The Hall–Kier alpha value is 0.270. The summed E-state index contributed by atoms with van der Waals surface area (Å²) in [5.41, 5.74) is 0. The van der Waals surface area contributed by atoms with E-state index in [9.17, 15) is 0 Å². The van der Waals surface area contributed by atoms with Gasteiger partial charge in [-0.15, -0.1) is 0 Å². The van der Waals surface area contributed by atoms with Gasteiger partial charge < -0.3 is 5.32 Å². The Bertz CT molecular complexity index is 219. The van der Waals surface area contributed by atoms with Crippen LogP contribution < -0.4 is 5.32 Å². The van der Waals surface area contributed by atoms with Gasteiger partial charge in [0.05, 0.1) is 0 Å². The van der Waals surface area contributed by atoms with E-state index in [1.54, 1.807) is 0 Å². The zero-order valence-corrected chi connectivity index (χ0v) is 13.7. The van der Waals surface area contributed by atoms with E-state index in [-0.39, 0.29) is 0 Å². The molecular formula is C15H32N2S. The number of nitrogens with zero attached hydrogens (tertiary/aromatic N) is 1. The van der Waals surface area contributed by atoms with Gasteiger partial charge in [-0.3, -0.25) is 4.90 Å². The zero-order valence-electron chi connectivity index (χ0n) is 12.9. The highest BCUT2D eigenvalue weighted by atomic mass is 32.2. The summed E-state index contributed by atoms with van der Waals surface area (Å²) >= 11 is 1.97. The zero-order chi connectivity index (χ0) is 13.5. The number of thioether (sulfide) groups is 1. The molecular weight excluding hydrogens is 240 g/mol. The van der Waals surface area contributed by atoms with Crippen molar-refractivity contribution in [3.05, 3.63) is 0 Å². The normalized spacial score (nSPS) is 26.2. The van der Waals surface area contributed by atoms with Gasteiger partial charge in [0.2, 0.25) is 0 Å². The van der Waals surface area contributed by atoms with Gasteiger partial charge in [0, 0.05) is 25.2 Å². The van der Waals surface area contributed by atoms with Crippen LogP contribution in [0.3, 0.4) is 0 Å². The minimum absolute atomic E-state index is 0.681. The van der Waals surface area contributed by atoms with Crippen LogP contribution in [0.2, 0.25) is 0 Å². The molecule has 0 aliphatic carbocycles. The third kappa shape index (κ3) is 5.10. The maximum atomic E-state index is 3.74. The summed E-state index contributed by atoms with van der Waals surface area (Å²) < 4.78 is 0. The molecule has 0 aromatic rings. The van der Waals surface area contributed by atoms with Crippen molar-refractivity contribution in [3.63, 3.8) is 0 Å². The summed E-state index contributed by atoms with van der Waals surface area (Å²) in [4.78, 5) is 2.74. The molecule has 2 nitrogen and oxygen atoms in total. The van der Waals surface area contributed by atoms with Crippen molar-refractivity contribution in [2.24, 2.45) is 11.8 Å². The highest BCUT2D eigenvalue weighted by Gasteiger charge is 2.30. The van der Waals surface area contributed by atoms with Crippen LogP contribution in [0.4, 0.5) is 0 Å². The first kappa shape index (κ1) is 16.3. The van der Waals surface area contributed by atoms with Crippen LogP contribution in [0, 0.1) is 11.8 Å². The van der Waals surface area contributed by atoms with Crippen LogP contribution in [0.15, 0.2) is 0 Å². The van der Waals surface area contributed by atoms with E-state index in [1.807, 2.05) is 11.8 Å². The number of hydrogen-bond donors (Lipinski definition) is 1. The van der Waals surface area contributed by atoms with Gasteiger partial charge in [-0.2, -0.15) is 11.8 Å². The van der Waals surface area contributed by atoms with E-state index in [2.05, 4.69) is 44.2 Å². The SMILES string of the molecule is CSCCCCN1CC(C(C)C)NCC1C(C)C. The third-order valence-electron chi connectivity index (χ3n) is 4.11. The summed E-state index contributed by atoms with van der Waals surface area (Å²) in [6.45, 7) is 13.1. The fourth-order valence-electron chi connectivity index (χ4n) is 2.78. The largest absolute Gasteiger partial charge is 0.311 e. The standard InChI is InChI=1S/C15H32N2S/c1-12(2)14-11-17(8-6-7-9-18-5)15(10-16-14)13(3)4/h12-16H,6-11H2,1-5H3. The third-order valence-corrected chi connectivity index (χ3v) is 4.80. The van der Waals surface area contributed by atoms with Gasteiger partial charge in [0.25, 0.3) is 0 Å². The van der Waals surface area contributed by atoms with Crippen molar-refractivity contribution in [1.82, 2.24) is 10.2 Å². The van der Waals surface area contributed by atoms with Crippen molar-refractivity contribution in [1.29, 1.82) is 0 Å². The fourth-order valence-corrected chi connectivity index (χ4v) is 3.27. The first-order chi connectivity index (χ1) is 8.56. The predicted octanol–water partition coefficient (Wildman–Crippen LogP) is 3.08. The molecule has 18 heavy (non-hydrogen) atoms. The lowest BCUT2D eigenvalue weighted by atomic mass is 9.94. The molecule has 0 amide bonds. The number of hydrogen-bond acceptors (Lipinski definition) is 3. The van der Waals surface area contributed by atoms with Crippen molar-refractivity contribution in [2.45, 2.75) is 52.6 Å². The Labute approximate surface area is 118 Å². The molecule has 2 atom stereocenters. The molecule has 1 fully saturated rings. The van der Waals surface area contributed by atoms with Crippen molar-refractivity contribution >= 4 is 11.8 Å². The molecule has 0 aromatic carbocycles. The minimum atomic E-state index is 0.681. The molecule has 1 N–H and O–H groups in total. The average Bonchev–Trinajstić information content (AvgIpc) is 2.34. The van der Waals surface area contributed by atoms with Gasteiger partial charge >= 0.3 is 0 Å². The van der Waals surface area contributed by atoms with E-state index in [1.165, 1.54) is 38.2 Å². The topological polar surface area (TPSA) is 15.3 Å². The molecule has 0 saturated carbocycles. The second-order valence-corrected chi connectivity index (χ2v) is 7.25. The van der Waals surface area contributed by atoms with Gasteiger partial charge in [-0.05, 0) is 43.2 Å². The molecule has 3 heteroatoms. The lowest BCUT2D eigenvalue weighted by Crippen LogP contribution is -2.59. The Morgan fingerprint density at radius 1 is 1.17 bits per heavy atom. The second-order valence-electron chi connectivity index (χ2n) is 6.26. The number of piperazine rings is 1. The highest BCUT2D eigenvalue weighted by molar-refractivity contribution is 7.98. The summed E-state index contributed by atoms with van der Waals surface area (Å²) in [7, 11) is 0. The quantitative estimate of drug-likeness (QED) is 0.717. The number of nitrogens with one attached hydrogen (secondary N) is 1. The van der Waals surface area contributed by atoms with Crippen molar-refractivity contribution in [3.8, 4) is 0 Å². The first-order valence-electron chi connectivity index (χ1n) is 7.52. The smallest absolute Gasteiger partial charge is 0.0244 e. The van der Waals surface area contributed by atoms with Gasteiger partial charge in [0.15, 0.2) is 0 Å². The van der Waals surface area contributed by atoms with Crippen molar-refractivity contribution in [2.75, 3.05) is 31.6 Å². The molecule has 2 unspecified atom stereocenters. The lowest BCUT2D eigenvalue weighted by molar-refractivity contribution is 0.0840. The number of rotatable bonds is 7. The molecule has 1 rings (SSSR count). The molecule has 1 aliphatic rings. The molecule has 1 aliphatic heterocycles. The van der Waals surface area contributed by atoms with Crippen LogP contribution >= 0.6 is 11.8 Å². The number of unbranched alkanes of at least 4 members (excludes halogenated alkanes) is 1. The second kappa shape index (κ2) is 8.44. The average molecular weight is 273 g/mol. The maximum Gasteiger partial charge on any atom is 0.0244 e. The maximum absolute atomic E-state index is 3.74. The van der Waals surface area contributed by atoms with Gasteiger partial charge in [-0.1, -0.05) is 27.7 Å². The summed E-state index contributed by atoms with van der Waals surface area (Å²) in [5.74, 6) is 2.81. The van der Waals surface area contributed by atoms with E-state index in [0.717, 1.165) is 17.9 Å². The van der Waals surface area contributed by atoms with Crippen molar-refractivity contribution < 1.29 is 0 Å². The first-order valence-corrected chi connectivity index (χ1v) is 8.92. The molecule has 108 valence electrons. The lowest BCUT2D eigenvalue weighted by Gasteiger charge is -2.43. The minimum Gasteiger partial charge on any atom is -0.311 e. The predicted molar refractivity (Wildman–Crippen MR) is 84.4 cm³/mol. The summed E-state index contributed by atoms with van der Waals surface area (Å²) in [5, 5.41) is 3.74. The van der Waals surface area contributed by atoms with E-state index < -0.39 is 0 Å². The van der Waals surface area contributed by atoms with Gasteiger partial charge in [-0.25, -0.2) is 0 Å². The highest BCUT2D eigenvalue weighted by Crippen LogP contribution is 2.19. The Kier molecular flexibility index (Phi) is 7.66. The van der Waals surface area contributed by atoms with E-state index in [0.29, 0.717) is 6.04 Å². The molecule has 0 bridgehead atoms. The Balaban J connectivity index is 2.44. The fraction of sp³-hybridized carbons (Fsp3) is 1.00. The summed E-state index contributed by atoms with van der Waals surface area (Å²) in [6.07, 6.45) is 4.92. The Morgan fingerprint density at radius 2 is 1.89 bits per heavy atom. The summed E-state index contributed by atoms with van der Waals surface area (Å²) in [6, 6.07) is 1.41. The van der Waals surface area contributed by atoms with E-state index >= 15 is 0 Å². The molecule has 1 heterocycles. The van der Waals surface area contributed by atoms with Crippen LogP contribution in [0.1, 0.15) is 40.5 Å². The van der Waals surface area contributed by atoms with E-state index in [4.69, 9.17) is 0 Å². The van der Waals surface area contributed by atoms with Crippen LogP contribution in [-0.4, -0.2) is 48.6 Å². The van der Waals surface area contributed by atoms with Crippen LogP contribution in [-0.2, 0) is 0 Å². The molecule has 1 saturated heterocycles. The van der Waals surface area contributed by atoms with Crippen LogP contribution in [0.5, 0.6) is 0 Å². The molecule has 0 spiro atoms. The molecule has 0 aromatic heterocycles. The monoisotopic (exact) mass is 272 g/mol. The molecule has 0 radical (unpaired) electrons. The Morgan fingerprint density at radius 3 is 2.44 bits per heavy atom. The van der Waals surface area contributed by atoms with Crippen LogP contribution in [0.25, 0.3) is 0 Å².